The molecule has 0 N–H and O–H groups in total. The first-order valence-corrected chi connectivity index (χ1v) is 3.96. The Morgan fingerprint density at radius 2 is 2.20 bits per heavy atom. The molecule has 0 radical (unpaired) electrons. The topological polar surface area (TPSA) is 26.3 Å². The molecule has 1 aliphatic carbocycles. The third-order valence-electron chi connectivity index (χ3n) is 2.52. The van der Waals surface area contributed by atoms with Gasteiger partial charge in [0.15, 0.2) is 0 Å². The van der Waals surface area contributed by atoms with E-state index in [0.29, 0.717) is 5.92 Å². The van der Waals surface area contributed by atoms with Gasteiger partial charge < -0.3 is 4.74 Å². The van der Waals surface area contributed by atoms with Crippen molar-refractivity contribution in [2.45, 2.75) is 32.3 Å². The lowest BCUT2D eigenvalue weighted by molar-refractivity contribution is -0.143. The van der Waals surface area contributed by atoms with E-state index in [4.69, 9.17) is 4.74 Å². The fourth-order valence-electron chi connectivity index (χ4n) is 2.09. The molecule has 0 aromatic rings. The molecule has 0 spiro atoms. The SMILES string of the molecule is CC1CC2CC(C1)C(=O)O2. The van der Waals surface area contributed by atoms with Crippen LogP contribution in [0.25, 0.3) is 0 Å². The van der Waals surface area contributed by atoms with Crippen molar-refractivity contribution >= 4 is 5.97 Å². The highest BCUT2D eigenvalue weighted by Gasteiger charge is 2.40. The van der Waals surface area contributed by atoms with Gasteiger partial charge in [0.25, 0.3) is 0 Å². The van der Waals surface area contributed by atoms with Gasteiger partial charge in [0.1, 0.15) is 6.10 Å². The van der Waals surface area contributed by atoms with Crippen LogP contribution < -0.4 is 0 Å². The van der Waals surface area contributed by atoms with Crippen LogP contribution in [0.1, 0.15) is 26.2 Å². The second-order valence-electron chi connectivity index (χ2n) is 3.57. The van der Waals surface area contributed by atoms with Crippen molar-refractivity contribution in [3.05, 3.63) is 0 Å². The van der Waals surface area contributed by atoms with Crippen molar-refractivity contribution in [1.82, 2.24) is 0 Å². The Bertz CT molecular complexity index is 165. The number of hydrogen-bond acceptors (Lipinski definition) is 2. The molecule has 2 bridgehead atoms. The summed E-state index contributed by atoms with van der Waals surface area (Å²) in [6.07, 6.45) is 3.39. The number of rotatable bonds is 0. The lowest BCUT2D eigenvalue weighted by Gasteiger charge is -2.19. The molecule has 1 aliphatic heterocycles. The Balaban J connectivity index is 2.13. The molecule has 3 atom stereocenters. The fourth-order valence-corrected chi connectivity index (χ4v) is 2.09. The summed E-state index contributed by atoms with van der Waals surface area (Å²) in [5, 5.41) is 0. The van der Waals surface area contributed by atoms with Gasteiger partial charge in [-0.15, -0.1) is 0 Å². The largest absolute Gasteiger partial charge is 0.462 e. The quantitative estimate of drug-likeness (QED) is 0.475. The maximum absolute atomic E-state index is 11.0. The van der Waals surface area contributed by atoms with E-state index in [1.165, 1.54) is 0 Å². The van der Waals surface area contributed by atoms with Gasteiger partial charge in [-0.1, -0.05) is 6.92 Å². The predicted molar refractivity (Wildman–Crippen MR) is 36.4 cm³/mol. The van der Waals surface area contributed by atoms with Crippen LogP contribution in [0.15, 0.2) is 0 Å². The molecule has 1 heterocycles. The molecule has 2 fully saturated rings. The van der Waals surface area contributed by atoms with E-state index >= 15 is 0 Å². The van der Waals surface area contributed by atoms with Crippen LogP contribution >= 0.6 is 0 Å². The van der Waals surface area contributed by atoms with E-state index in [0.717, 1.165) is 19.3 Å². The summed E-state index contributed by atoms with van der Waals surface area (Å²) in [6.45, 7) is 2.20. The zero-order valence-electron chi connectivity index (χ0n) is 6.17. The highest BCUT2D eigenvalue weighted by Crippen LogP contribution is 2.37. The van der Waals surface area contributed by atoms with Crippen LogP contribution in [0.5, 0.6) is 0 Å². The van der Waals surface area contributed by atoms with Gasteiger partial charge in [0.2, 0.25) is 0 Å². The van der Waals surface area contributed by atoms with Crippen LogP contribution in [0.4, 0.5) is 0 Å². The van der Waals surface area contributed by atoms with Gasteiger partial charge in [0, 0.05) is 0 Å². The van der Waals surface area contributed by atoms with E-state index in [1.54, 1.807) is 0 Å². The second kappa shape index (κ2) is 1.97. The Kier molecular flexibility index (Phi) is 1.22. The molecule has 2 rings (SSSR count). The Morgan fingerprint density at radius 3 is 2.90 bits per heavy atom. The highest BCUT2D eigenvalue weighted by atomic mass is 16.6. The van der Waals surface area contributed by atoms with Crippen molar-refractivity contribution in [3.8, 4) is 0 Å². The van der Waals surface area contributed by atoms with Crippen LogP contribution in [0.2, 0.25) is 0 Å². The summed E-state index contributed by atoms with van der Waals surface area (Å²) in [6, 6.07) is 0. The number of esters is 1. The molecule has 2 nitrogen and oxygen atoms in total. The van der Waals surface area contributed by atoms with Crippen LogP contribution in [-0.4, -0.2) is 12.1 Å². The number of hydrogen-bond donors (Lipinski definition) is 0. The molecule has 2 heteroatoms. The van der Waals surface area contributed by atoms with Gasteiger partial charge in [-0.3, -0.25) is 4.79 Å². The number of ether oxygens (including phenoxy) is 1. The van der Waals surface area contributed by atoms with Crippen molar-refractivity contribution in [1.29, 1.82) is 0 Å². The molecular weight excluding hydrogens is 128 g/mol. The maximum atomic E-state index is 11.0. The first-order valence-electron chi connectivity index (χ1n) is 3.96. The highest BCUT2D eigenvalue weighted by molar-refractivity contribution is 5.74. The molecule has 2 aliphatic rings. The second-order valence-corrected chi connectivity index (χ2v) is 3.57. The van der Waals surface area contributed by atoms with Crippen molar-refractivity contribution in [2.75, 3.05) is 0 Å². The molecule has 3 unspecified atom stereocenters. The normalized spacial score (nSPS) is 45.3. The molecule has 10 heavy (non-hydrogen) atoms. The monoisotopic (exact) mass is 140 g/mol. The van der Waals surface area contributed by atoms with Gasteiger partial charge in [0.05, 0.1) is 5.92 Å². The molecule has 1 saturated carbocycles. The molecule has 56 valence electrons. The smallest absolute Gasteiger partial charge is 0.309 e. The molecular formula is C8H12O2. The third kappa shape index (κ3) is 0.825. The van der Waals surface area contributed by atoms with Crippen LogP contribution in [0, 0.1) is 11.8 Å². The van der Waals surface area contributed by atoms with Gasteiger partial charge in [-0.05, 0) is 25.2 Å². The standard InChI is InChI=1S/C8H12O2/c1-5-2-6-4-7(3-5)10-8(6)9/h5-7H,2-4H2,1H3. The molecule has 0 amide bonds. The summed E-state index contributed by atoms with van der Waals surface area (Å²) < 4.78 is 5.12. The number of carbonyl (C=O) groups excluding carboxylic acids is 1. The van der Waals surface area contributed by atoms with E-state index in [9.17, 15) is 4.79 Å². The number of fused-ring (bicyclic) bond motifs is 2. The third-order valence-corrected chi connectivity index (χ3v) is 2.52. The lowest BCUT2D eigenvalue weighted by atomic mass is 9.83. The zero-order chi connectivity index (χ0) is 7.14. The van der Waals surface area contributed by atoms with Crippen LogP contribution in [0.3, 0.4) is 0 Å². The summed E-state index contributed by atoms with van der Waals surface area (Å²) >= 11 is 0. The van der Waals surface area contributed by atoms with E-state index in [2.05, 4.69) is 6.92 Å². The minimum absolute atomic E-state index is 0.0503. The summed E-state index contributed by atoms with van der Waals surface area (Å²) in [7, 11) is 0. The van der Waals surface area contributed by atoms with Gasteiger partial charge in [-0.2, -0.15) is 0 Å². The van der Waals surface area contributed by atoms with Gasteiger partial charge in [-0.25, -0.2) is 0 Å². The van der Waals surface area contributed by atoms with E-state index < -0.39 is 0 Å². The number of carbonyl (C=O) groups is 1. The summed E-state index contributed by atoms with van der Waals surface area (Å²) in [5.74, 6) is 0.985. The van der Waals surface area contributed by atoms with Gasteiger partial charge >= 0.3 is 5.97 Å². The van der Waals surface area contributed by atoms with E-state index in [1.807, 2.05) is 0 Å². The Labute approximate surface area is 60.6 Å². The average molecular weight is 140 g/mol. The van der Waals surface area contributed by atoms with Crippen LogP contribution in [-0.2, 0) is 9.53 Å². The van der Waals surface area contributed by atoms with Crippen molar-refractivity contribution in [3.63, 3.8) is 0 Å². The minimum Gasteiger partial charge on any atom is -0.462 e. The zero-order valence-corrected chi connectivity index (χ0v) is 6.17. The van der Waals surface area contributed by atoms with E-state index in [-0.39, 0.29) is 18.0 Å². The first-order chi connectivity index (χ1) is 4.75. The molecule has 0 aromatic heterocycles. The molecule has 1 saturated heterocycles. The van der Waals surface area contributed by atoms with Crippen molar-refractivity contribution < 1.29 is 9.53 Å². The Morgan fingerprint density at radius 1 is 1.40 bits per heavy atom. The fraction of sp³-hybridized carbons (Fsp3) is 0.875. The van der Waals surface area contributed by atoms with Crippen molar-refractivity contribution in [2.24, 2.45) is 11.8 Å². The first kappa shape index (κ1) is 6.20. The summed E-state index contributed by atoms with van der Waals surface area (Å²) in [4.78, 5) is 11.0. The average Bonchev–Trinajstić information content (AvgIpc) is 2.07. The minimum atomic E-state index is 0.0503. The predicted octanol–water partition coefficient (Wildman–Crippen LogP) is 1.35. The lowest BCUT2D eigenvalue weighted by Crippen LogP contribution is -2.17. The molecule has 0 aromatic carbocycles. The maximum Gasteiger partial charge on any atom is 0.309 e. The summed E-state index contributed by atoms with van der Waals surface area (Å²) in [5.41, 5.74) is 0. The Hall–Kier alpha value is -0.530.